The Hall–Kier alpha value is -0.610. The van der Waals surface area contributed by atoms with Crippen LogP contribution in [0.15, 0.2) is 0 Å². The van der Waals surface area contributed by atoms with E-state index in [1.807, 2.05) is 0 Å². The van der Waals surface area contributed by atoms with E-state index in [9.17, 15) is 15.0 Å². The minimum absolute atomic E-state index is 0.0562. The summed E-state index contributed by atoms with van der Waals surface area (Å²) in [5.41, 5.74) is 0.491. The van der Waals surface area contributed by atoms with Crippen molar-refractivity contribution < 1.29 is 19.7 Å². The van der Waals surface area contributed by atoms with Crippen molar-refractivity contribution in [2.45, 2.75) is 116 Å². The van der Waals surface area contributed by atoms with Crippen LogP contribution in [0.2, 0.25) is 0 Å². The summed E-state index contributed by atoms with van der Waals surface area (Å²) in [4.78, 5) is 11.3. The molecular formula is C23H44O4. The molecule has 2 N–H and O–H groups in total. The van der Waals surface area contributed by atoms with Crippen molar-refractivity contribution in [1.29, 1.82) is 0 Å². The summed E-state index contributed by atoms with van der Waals surface area (Å²) >= 11 is 0. The van der Waals surface area contributed by atoms with Crippen molar-refractivity contribution in [3.05, 3.63) is 0 Å². The fourth-order valence-electron chi connectivity index (χ4n) is 4.72. The minimum Gasteiger partial charge on any atom is -0.465 e. The predicted octanol–water partition coefficient (Wildman–Crippen LogP) is 5.59. The molecular weight excluding hydrogens is 340 g/mol. The molecule has 27 heavy (non-hydrogen) atoms. The Balaban J connectivity index is 2.21. The number of hydrogen-bond donors (Lipinski definition) is 2. The fourth-order valence-corrected chi connectivity index (χ4v) is 4.72. The van der Waals surface area contributed by atoms with Crippen LogP contribution in [0.4, 0.5) is 0 Å². The lowest BCUT2D eigenvalue weighted by molar-refractivity contribution is -0.209. The van der Waals surface area contributed by atoms with Crippen LogP contribution < -0.4 is 0 Å². The molecule has 4 heteroatoms. The number of carbonyl (C=O) groups is 1. The second-order valence-corrected chi connectivity index (χ2v) is 9.52. The molecule has 0 aromatic carbocycles. The molecule has 0 unspecified atom stereocenters. The maximum atomic E-state index is 11.3. The summed E-state index contributed by atoms with van der Waals surface area (Å²) in [5, 5.41) is 19.3. The monoisotopic (exact) mass is 384 g/mol. The number of unbranched alkanes of at least 4 members (excludes halogenated alkanes) is 3. The zero-order valence-corrected chi connectivity index (χ0v) is 18.3. The second-order valence-electron chi connectivity index (χ2n) is 9.52. The van der Waals surface area contributed by atoms with Crippen LogP contribution in [-0.2, 0) is 9.53 Å². The van der Waals surface area contributed by atoms with E-state index in [1.54, 1.807) is 0 Å². The van der Waals surface area contributed by atoms with E-state index in [2.05, 4.69) is 25.5 Å². The summed E-state index contributed by atoms with van der Waals surface area (Å²) in [7, 11) is 1.18. The molecule has 0 radical (unpaired) electrons. The molecule has 1 fully saturated rings. The van der Waals surface area contributed by atoms with Gasteiger partial charge < -0.3 is 14.9 Å². The summed E-state index contributed by atoms with van der Waals surface area (Å²) in [6.07, 6.45) is 16.2. The highest BCUT2D eigenvalue weighted by atomic mass is 16.6. The first-order valence-electron chi connectivity index (χ1n) is 11.2. The number of ether oxygens (including phenoxy) is 1. The summed E-state index contributed by atoms with van der Waals surface area (Å²) in [6, 6.07) is 0. The maximum absolute atomic E-state index is 11.3. The molecule has 2 atom stereocenters. The molecule has 0 amide bonds. The lowest BCUT2D eigenvalue weighted by atomic mass is 9.80. The van der Waals surface area contributed by atoms with Gasteiger partial charge in [0, 0.05) is 6.42 Å². The number of esters is 1. The summed E-state index contributed by atoms with van der Waals surface area (Å²) in [5.74, 6) is -1.55. The van der Waals surface area contributed by atoms with Gasteiger partial charge in [-0.1, -0.05) is 85.0 Å². The number of rotatable bonds is 14. The fraction of sp³-hybridized carbons (Fsp3) is 0.957. The maximum Gasteiger partial charge on any atom is 0.366 e. The van der Waals surface area contributed by atoms with Gasteiger partial charge in [-0.05, 0) is 36.5 Å². The number of aliphatic hydroxyl groups is 2. The highest BCUT2D eigenvalue weighted by Crippen LogP contribution is 2.40. The van der Waals surface area contributed by atoms with Crippen molar-refractivity contribution in [2.75, 3.05) is 7.11 Å². The molecule has 0 aromatic heterocycles. The second kappa shape index (κ2) is 12.1. The van der Waals surface area contributed by atoms with E-state index in [0.717, 1.165) is 24.7 Å². The van der Waals surface area contributed by atoms with Crippen LogP contribution in [0.25, 0.3) is 0 Å². The molecule has 0 aromatic rings. The van der Waals surface area contributed by atoms with Gasteiger partial charge in [-0.15, -0.1) is 0 Å². The van der Waals surface area contributed by atoms with Crippen molar-refractivity contribution >= 4 is 5.97 Å². The van der Waals surface area contributed by atoms with Crippen LogP contribution in [0.5, 0.6) is 0 Å². The zero-order valence-electron chi connectivity index (χ0n) is 18.3. The first-order valence-corrected chi connectivity index (χ1v) is 11.2. The molecule has 160 valence electrons. The third kappa shape index (κ3) is 9.43. The van der Waals surface area contributed by atoms with Crippen molar-refractivity contribution in [2.24, 2.45) is 17.3 Å². The lowest BCUT2D eigenvalue weighted by Gasteiger charge is -2.26. The van der Waals surface area contributed by atoms with Crippen molar-refractivity contribution in [3.8, 4) is 0 Å². The molecule has 0 heterocycles. The summed E-state index contributed by atoms with van der Waals surface area (Å²) in [6.45, 7) is 7.12. The van der Waals surface area contributed by atoms with E-state index in [-0.39, 0.29) is 6.42 Å². The van der Waals surface area contributed by atoms with Crippen molar-refractivity contribution in [1.82, 2.24) is 0 Å². The highest BCUT2D eigenvalue weighted by molar-refractivity contribution is 5.76. The topological polar surface area (TPSA) is 66.8 Å². The van der Waals surface area contributed by atoms with E-state index in [0.29, 0.717) is 11.8 Å². The van der Waals surface area contributed by atoms with Gasteiger partial charge in [-0.3, -0.25) is 0 Å². The molecule has 4 nitrogen and oxygen atoms in total. The standard InChI is InChI=1S/C23H44O4/c1-5-6-16-22(2,3)17-11-15-20-14-10-13-19(20)12-8-7-9-18-23(25,26)21(24)27-4/h19-20,25-26H,5-18H2,1-4H3/t19-,20+/m0/s1. The SMILES string of the molecule is CCCCC(C)(C)CCC[C@H]1CCC[C@@H]1CCCCCC(O)(O)C(=O)OC. The van der Waals surface area contributed by atoms with Gasteiger partial charge in [0.1, 0.15) is 0 Å². The molecule has 0 bridgehead atoms. The van der Waals surface area contributed by atoms with E-state index in [1.165, 1.54) is 71.3 Å². The van der Waals surface area contributed by atoms with Crippen LogP contribution in [-0.4, -0.2) is 29.1 Å². The molecule has 1 saturated carbocycles. The highest BCUT2D eigenvalue weighted by Gasteiger charge is 2.33. The minimum atomic E-state index is -2.32. The van der Waals surface area contributed by atoms with Crippen LogP contribution in [0.3, 0.4) is 0 Å². The van der Waals surface area contributed by atoms with Gasteiger partial charge in [-0.25, -0.2) is 4.79 Å². The first kappa shape index (κ1) is 24.4. The average molecular weight is 385 g/mol. The average Bonchev–Trinajstić information content (AvgIpc) is 3.06. The van der Waals surface area contributed by atoms with Gasteiger partial charge in [0.05, 0.1) is 7.11 Å². The smallest absolute Gasteiger partial charge is 0.366 e. The molecule has 0 spiro atoms. The van der Waals surface area contributed by atoms with Crippen LogP contribution >= 0.6 is 0 Å². The number of methoxy groups -OCH3 is 1. The predicted molar refractivity (Wildman–Crippen MR) is 110 cm³/mol. The third-order valence-corrected chi connectivity index (χ3v) is 6.56. The third-order valence-electron chi connectivity index (χ3n) is 6.56. The lowest BCUT2D eigenvalue weighted by Crippen LogP contribution is -2.39. The van der Waals surface area contributed by atoms with Gasteiger partial charge in [-0.2, -0.15) is 0 Å². The van der Waals surface area contributed by atoms with E-state index in [4.69, 9.17) is 0 Å². The van der Waals surface area contributed by atoms with Gasteiger partial charge in [0.15, 0.2) is 0 Å². The van der Waals surface area contributed by atoms with Gasteiger partial charge in [0.25, 0.3) is 5.79 Å². The van der Waals surface area contributed by atoms with Crippen LogP contribution in [0.1, 0.15) is 111 Å². The quantitative estimate of drug-likeness (QED) is 0.233. The molecule has 1 rings (SSSR count). The van der Waals surface area contributed by atoms with E-state index >= 15 is 0 Å². The first-order chi connectivity index (χ1) is 12.7. The number of carbonyl (C=O) groups excluding carboxylic acids is 1. The Labute approximate surface area is 167 Å². The molecule has 0 aliphatic heterocycles. The van der Waals surface area contributed by atoms with Crippen LogP contribution in [0, 0.1) is 17.3 Å². The molecule has 0 saturated heterocycles. The Morgan fingerprint density at radius 2 is 1.52 bits per heavy atom. The molecule has 1 aliphatic carbocycles. The Morgan fingerprint density at radius 1 is 0.926 bits per heavy atom. The van der Waals surface area contributed by atoms with E-state index < -0.39 is 11.8 Å². The largest absolute Gasteiger partial charge is 0.465 e. The Morgan fingerprint density at radius 3 is 2.11 bits per heavy atom. The number of hydrogen-bond acceptors (Lipinski definition) is 4. The Bertz CT molecular complexity index is 417. The zero-order chi connectivity index (χ0) is 20.3. The van der Waals surface area contributed by atoms with Crippen molar-refractivity contribution in [3.63, 3.8) is 0 Å². The van der Waals surface area contributed by atoms with Gasteiger partial charge >= 0.3 is 5.97 Å². The Kier molecular flexibility index (Phi) is 10.9. The normalized spacial score (nSPS) is 20.8. The van der Waals surface area contributed by atoms with Gasteiger partial charge in [0.2, 0.25) is 0 Å². The summed E-state index contributed by atoms with van der Waals surface area (Å²) < 4.78 is 4.41. The molecule has 1 aliphatic rings.